The van der Waals surface area contributed by atoms with Crippen LogP contribution in [0.3, 0.4) is 0 Å². The van der Waals surface area contributed by atoms with E-state index in [4.69, 9.17) is 4.84 Å². The van der Waals surface area contributed by atoms with Crippen molar-refractivity contribution in [1.29, 1.82) is 0 Å². The zero-order chi connectivity index (χ0) is 9.40. The van der Waals surface area contributed by atoms with Gasteiger partial charge in [0.05, 0.1) is 12.8 Å². The molecule has 0 unspecified atom stereocenters. The van der Waals surface area contributed by atoms with Gasteiger partial charge in [-0.25, -0.2) is 0 Å². The average Bonchev–Trinajstić information content (AvgIpc) is 2.03. The molecule has 0 aliphatic rings. The van der Waals surface area contributed by atoms with Crippen molar-refractivity contribution in [1.82, 2.24) is 5.32 Å². The van der Waals surface area contributed by atoms with Gasteiger partial charge in [-0.2, -0.15) is 0 Å². The number of hydrogen-bond donors (Lipinski definition) is 1. The van der Waals surface area contributed by atoms with Crippen LogP contribution in [0.25, 0.3) is 0 Å². The summed E-state index contributed by atoms with van der Waals surface area (Å²) in [4.78, 5) is 15.7. The molecule has 0 aliphatic carbocycles. The molecule has 0 fully saturated rings. The summed E-state index contributed by atoms with van der Waals surface area (Å²) in [6.45, 7) is 6.51. The third kappa shape index (κ3) is 5.70. The molecule has 0 heterocycles. The summed E-state index contributed by atoms with van der Waals surface area (Å²) in [6, 6.07) is 0. The van der Waals surface area contributed by atoms with E-state index in [0.717, 1.165) is 0 Å². The highest BCUT2D eigenvalue weighted by atomic mass is 16.6. The van der Waals surface area contributed by atoms with Gasteiger partial charge in [-0.15, -0.1) is 0 Å². The Labute approximate surface area is 73.0 Å². The average molecular weight is 172 g/mol. The molecule has 0 aromatic rings. The number of nitrogens with one attached hydrogen (secondary N) is 1. The van der Waals surface area contributed by atoms with Crippen molar-refractivity contribution in [3.8, 4) is 0 Å². The molecule has 0 bridgehead atoms. The lowest BCUT2D eigenvalue weighted by molar-refractivity contribution is -0.123. The molecule has 1 N–H and O–H groups in total. The topological polar surface area (TPSA) is 50.7 Å². The van der Waals surface area contributed by atoms with Crippen molar-refractivity contribution in [2.75, 3.05) is 13.2 Å². The summed E-state index contributed by atoms with van der Waals surface area (Å²) >= 11 is 0. The first-order chi connectivity index (χ1) is 5.68. The second-order valence-corrected chi connectivity index (χ2v) is 2.61. The number of carbonyl (C=O) groups excluding carboxylic acids is 1. The van der Waals surface area contributed by atoms with E-state index in [1.807, 2.05) is 20.8 Å². The molecule has 0 spiro atoms. The van der Waals surface area contributed by atoms with E-state index in [0.29, 0.717) is 13.2 Å². The first kappa shape index (κ1) is 10.9. The smallest absolute Gasteiger partial charge is 0.222 e. The maximum Gasteiger partial charge on any atom is 0.222 e. The Balaban J connectivity index is 3.37. The minimum Gasteiger partial charge on any atom is -0.396 e. The molecule has 70 valence electrons. The van der Waals surface area contributed by atoms with Crippen LogP contribution < -0.4 is 5.32 Å². The molecule has 0 atom stereocenters. The van der Waals surface area contributed by atoms with Crippen LogP contribution in [0, 0.1) is 5.92 Å². The highest BCUT2D eigenvalue weighted by Gasteiger charge is 2.03. The van der Waals surface area contributed by atoms with E-state index in [9.17, 15) is 4.79 Å². The summed E-state index contributed by atoms with van der Waals surface area (Å²) in [5.41, 5.74) is 0. The number of carbonyl (C=O) groups is 1. The fraction of sp³-hybridized carbons (Fsp3) is 0.750. The van der Waals surface area contributed by atoms with Crippen LogP contribution in [0.2, 0.25) is 0 Å². The van der Waals surface area contributed by atoms with Crippen LogP contribution in [0.15, 0.2) is 5.16 Å². The normalized spacial score (nSPS) is 10.7. The lowest BCUT2D eigenvalue weighted by atomic mass is 10.2. The number of hydrogen-bond acceptors (Lipinski definition) is 3. The Bertz CT molecular complexity index is 155. The van der Waals surface area contributed by atoms with Gasteiger partial charge in [-0.05, 0) is 6.92 Å². The third-order valence-corrected chi connectivity index (χ3v) is 1.17. The van der Waals surface area contributed by atoms with Crippen molar-refractivity contribution < 1.29 is 9.63 Å². The zero-order valence-electron chi connectivity index (χ0n) is 7.83. The van der Waals surface area contributed by atoms with E-state index in [-0.39, 0.29) is 11.8 Å². The molecule has 0 saturated heterocycles. The molecule has 0 radical (unpaired) electrons. The van der Waals surface area contributed by atoms with Crippen molar-refractivity contribution in [3.05, 3.63) is 0 Å². The number of oxime groups is 1. The molecule has 0 saturated carbocycles. The van der Waals surface area contributed by atoms with E-state index in [2.05, 4.69) is 10.5 Å². The Hall–Kier alpha value is -1.06. The van der Waals surface area contributed by atoms with Crippen LogP contribution in [-0.2, 0) is 9.63 Å². The molecule has 1 amide bonds. The molecule has 4 heteroatoms. The standard InChI is InChI=1S/C8H16N2O2/c1-4-12-10-6-5-9-8(11)7(2)3/h6-7H,4-5H2,1-3H3,(H,9,11). The van der Waals surface area contributed by atoms with Crippen molar-refractivity contribution in [3.63, 3.8) is 0 Å². The maximum atomic E-state index is 11.0. The van der Waals surface area contributed by atoms with Crippen LogP contribution in [0.1, 0.15) is 20.8 Å². The molecule has 0 aromatic heterocycles. The number of rotatable bonds is 5. The van der Waals surface area contributed by atoms with E-state index < -0.39 is 0 Å². The second-order valence-electron chi connectivity index (χ2n) is 2.61. The number of nitrogens with zero attached hydrogens (tertiary/aromatic N) is 1. The largest absolute Gasteiger partial charge is 0.396 e. The zero-order valence-corrected chi connectivity index (χ0v) is 7.83. The van der Waals surface area contributed by atoms with Crippen LogP contribution >= 0.6 is 0 Å². The molecular formula is C8H16N2O2. The summed E-state index contributed by atoms with van der Waals surface area (Å²) in [6.07, 6.45) is 1.53. The van der Waals surface area contributed by atoms with Crippen LogP contribution in [-0.4, -0.2) is 25.3 Å². The SMILES string of the molecule is CCON=CCNC(=O)C(C)C. The monoisotopic (exact) mass is 172 g/mol. The van der Waals surface area contributed by atoms with Crippen molar-refractivity contribution >= 4 is 12.1 Å². The Morgan fingerprint density at radius 1 is 1.67 bits per heavy atom. The van der Waals surface area contributed by atoms with Gasteiger partial charge in [0.25, 0.3) is 0 Å². The molecular weight excluding hydrogens is 156 g/mol. The van der Waals surface area contributed by atoms with Gasteiger partial charge in [-0.1, -0.05) is 19.0 Å². The van der Waals surface area contributed by atoms with E-state index in [1.165, 1.54) is 6.21 Å². The lowest BCUT2D eigenvalue weighted by Gasteiger charge is -2.03. The highest BCUT2D eigenvalue weighted by Crippen LogP contribution is 1.88. The van der Waals surface area contributed by atoms with Crippen LogP contribution in [0.4, 0.5) is 0 Å². The van der Waals surface area contributed by atoms with Gasteiger partial charge in [0.15, 0.2) is 0 Å². The minimum atomic E-state index is 0.0190. The first-order valence-corrected chi connectivity index (χ1v) is 4.10. The minimum absolute atomic E-state index is 0.0190. The first-order valence-electron chi connectivity index (χ1n) is 4.10. The molecule has 4 nitrogen and oxygen atoms in total. The molecule has 12 heavy (non-hydrogen) atoms. The molecule has 0 aliphatic heterocycles. The summed E-state index contributed by atoms with van der Waals surface area (Å²) in [5, 5.41) is 6.25. The summed E-state index contributed by atoms with van der Waals surface area (Å²) < 4.78 is 0. The maximum absolute atomic E-state index is 11.0. The van der Waals surface area contributed by atoms with Gasteiger partial charge < -0.3 is 10.2 Å². The van der Waals surface area contributed by atoms with Crippen molar-refractivity contribution in [2.45, 2.75) is 20.8 Å². The van der Waals surface area contributed by atoms with Gasteiger partial charge in [0.2, 0.25) is 5.91 Å². The Kier molecular flexibility index (Phi) is 6.05. The predicted molar refractivity (Wildman–Crippen MR) is 48.0 cm³/mol. The van der Waals surface area contributed by atoms with Gasteiger partial charge >= 0.3 is 0 Å². The molecule has 0 aromatic carbocycles. The number of amides is 1. The highest BCUT2D eigenvalue weighted by molar-refractivity contribution is 5.80. The Morgan fingerprint density at radius 3 is 2.83 bits per heavy atom. The summed E-state index contributed by atoms with van der Waals surface area (Å²) in [7, 11) is 0. The lowest BCUT2D eigenvalue weighted by Crippen LogP contribution is -2.29. The summed E-state index contributed by atoms with van der Waals surface area (Å²) in [5.74, 6) is 0.0449. The quantitative estimate of drug-likeness (QED) is 0.492. The van der Waals surface area contributed by atoms with Crippen molar-refractivity contribution in [2.24, 2.45) is 11.1 Å². The predicted octanol–water partition coefficient (Wildman–Crippen LogP) is 0.781. The van der Waals surface area contributed by atoms with Gasteiger partial charge in [0, 0.05) is 5.92 Å². The fourth-order valence-electron chi connectivity index (χ4n) is 0.515. The van der Waals surface area contributed by atoms with E-state index >= 15 is 0 Å². The van der Waals surface area contributed by atoms with Gasteiger partial charge in [0.1, 0.15) is 6.61 Å². The molecule has 0 rings (SSSR count). The fourth-order valence-corrected chi connectivity index (χ4v) is 0.515. The van der Waals surface area contributed by atoms with Gasteiger partial charge in [-0.3, -0.25) is 4.79 Å². The second kappa shape index (κ2) is 6.64. The third-order valence-electron chi connectivity index (χ3n) is 1.17. The van der Waals surface area contributed by atoms with Crippen LogP contribution in [0.5, 0.6) is 0 Å². The Morgan fingerprint density at radius 2 is 2.33 bits per heavy atom. The van der Waals surface area contributed by atoms with E-state index in [1.54, 1.807) is 0 Å².